The molecule has 23 heavy (non-hydrogen) atoms. The second-order valence-electron chi connectivity index (χ2n) is 5.72. The molecule has 6 nitrogen and oxygen atoms in total. The lowest BCUT2D eigenvalue weighted by molar-refractivity contribution is 0.0557. The number of aryl methyl sites for hydroxylation is 1. The van der Waals surface area contributed by atoms with Gasteiger partial charge in [-0.05, 0) is 18.6 Å². The van der Waals surface area contributed by atoms with Crippen LogP contribution in [0, 0.1) is 6.92 Å². The van der Waals surface area contributed by atoms with Crippen molar-refractivity contribution in [2.45, 2.75) is 25.9 Å². The number of nitrogens with one attached hydrogen (secondary N) is 1. The maximum Gasteiger partial charge on any atom is 0.292 e. The van der Waals surface area contributed by atoms with Gasteiger partial charge in [-0.15, -0.1) is 0 Å². The lowest BCUT2D eigenvalue weighted by Crippen LogP contribution is -2.41. The number of carbonyl (C=O) groups is 1. The van der Waals surface area contributed by atoms with E-state index in [1.165, 1.54) is 6.20 Å². The Labute approximate surface area is 135 Å². The number of nitrogens with zero attached hydrogens (tertiary/aromatic N) is 2. The first-order valence-electron chi connectivity index (χ1n) is 7.82. The smallest absolute Gasteiger partial charge is 0.292 e. The molecule has 0 unspecified atom stereocenters. The van der Waals surface area contributed by atoms with E-state index in [2.05, 4.69) is 10.5 Å². The molecule has 0 radical (unpaired) electrons. The van der Waals surface area contributed by atoms with E-state index in [0.29, 0.717) is 18.8 Å². The molecule has 1 aliphatic rings. The van der Waals surface area contributed by atoms with Crippen LogP contribution in [0.3, 0.4) is 0 Å². The largest absolute Gasteiger partial charge is 0.490 e. The summed E-state index contributed by atoms with van der Waals surface area (Å²) in [4.78, 5) is 14.0. The Balaban J connectivity index is 1.58. The predicted octanol–water partition coefficient (Wildman–Crippen LogP) is 2.71. The third-order valence-corrected chi connectivity index (χ3v) is 4.15. The van der Waals surface area contributed by atoms with E-state index in [1.807, 2.05) is 32.2 Å². The summed E-state index contributed by atoms with van der Waals surface area (Å²) in [6.07, 6.45) is 3.23. The van der Waals surface area contributed by atoms with Crippen molar-refractivity contribution in [1.82, 2.24) is 10.1 Å². The van der Waals surface area contributed by atoms with Gasteiger partial charge in [0.2, 0.25) is 5.76 Å². The molecule has 1 aliphatic heterocycles. The molecule has 1 saturated heterocycles. The summed E-state index contributed by atoms with van der Waals surface area (Å²) < 4.78 is 11.1. The molecular weight excluding hydrogens is 294 g/mol. The van der Waals surface area contributed by atoms with Gasteiger partial charge in [0, 0.05) is 50.8 Å². The van der Waals surface area contributed by atoms with Crippen LogP contribution < -0.4 is 10.1 Å². The molecule has 2 aromatic rings. The molecule has 2 heterocycles. The van der Waals surface area contributed by atoms with Gasteiger partial charge >= 0.3 is 0 Å². The summed E-state index contributed by atoms with van der Waals surface area (Å²) in [5, 5.41) is 6.70. The normalized spacial score (nSPS) is 15.5. The molecule has 0 aliphatic carbocycles. The van der Waals surface area contributed by atoms with Crippen LogP contribution in [0.4, 0.5) is 5.69 Å². The van der Waals surface area contributed by atoms with Gasteiger partial charge in [0.25, 0.3) is 5.91 Å². The van der Waals surface area contributed by atoms with Crippen molar-refractivity contribution in [3.63, 3.8) is 0 Å². The van der Waals surface area contributed by atoms with Gasteiger partial charge in [-0.1, -0.05) is 11.2 Å². The summed E-state index contributed by atoms with van der Waals surface area (Å²) >= 11 is 0. The molecule has 1 aromatic heterocycles. The molecule has 0 atom stereocenters. The van der Waals surface area contributed by atoms with Crippen molar-refractivity contribution in [2.24, 2.45) is 0 Å². The number of hydrogen-bond acceptors (Lipinski definition) is 5. The highest BCUT2D eigenvalue weighted by Crippen LogP contribution is 2.26. The topological polar surface area (TPSA) is 67.6 Å². The summed E-state index contributed by atoms with van der Waals surface area (Å²) in [6, 6.07) is 7.68. The number of benzene rings is 1. The molecule has 0 saturated carbocycles. The van der Waals surface area contributed by atoms with Crippen molar-refractivity contribution in [3.8, 4) is 5.75 Å². The Bertz CT molecular complexity index is 662. The highest BCUT2D eigenvalue weighted by molar-refractivity contribution is 5.91. The van der Waals surface area contributed by atoms with Gasteiger partial charge in [0.1, 0.15) is 11.9 Å². The highest BCUT2D eigenvalue weighted by atomic mass is 16.5. The van der Waals surface area contributed by atoms with Crippen LogP contribution in [0.2, 0.25) is 0 Å². The van der Waals surface area contributed by atoms with E-state index in [1.54, 1.807) is 11.0 Å². The van der Waals surface area contributed by atoms with Gasteiger partial charge in [-0.3, -0.25) is 4.79 Å². The zero-order valence-electron chi connectivity index (χ0n) is 13.4. The van der Waals surface area contributed by atoms with Crippen LogP contribution in [-0.4, -0.2) is 42.2 Å². The van der Waals surface area contributed by atoms with Crippen molar-refractivity contribution in [1.29, 1.82) is 0 Å². The van der Waals surface area contributed by atoms with Crippen LogP contribution in [0.25, 0.3) is 0 Å². The van der Waals surface area contributed by atoms with Gasteiger partial charge in [-0.25, -0.2) is 0 Å². The third-order valence-electron chi connectivity index (χ3n) is 4.15. The second kappa shape index (κ2) is 6.73. The molecule has 1 amide bonds. The fourth-order valence-corrected chi connectivity index (χ4v) is 2.72. The first-order chi connectivity index (χ1) is 11.2. The van der Waals surface area contributed by atoms with E-state index < -0.39 is 0 Å². The van der Waals surface area contributed by atoms with Crippen molar-refractivity contribution >= 4 is 11.6 Å². The average Bonchev–Trinajstić information content (AvgIpc) is 3.11. The number of anilines is 1. The molecule has 0 spiro atoms. The number of carbonyl (C=O) groups excluding carboxylic acids is 1. The average molecular weight is 315 g/mol. The van der Waals surface area contributed by atoms with E-state index >= 15 is 0 Å². The van der Waals surface area contributed by atoms with Crippen molar-refractivity contribution in [2.75, 3.05) is 25.5 Å². The Morgan fingerprint density at radius 3 is 2.78 bits per heavy atom. The van der Waals surface area contributed by atoms with Crippen LogP contribution in [0.5, 0.6) is 5.75 Å². The fourth-order valence-electron chi connectivity index (χ4n) is 2.72. The van der Waals surface area contributed by atoms with Crippen LogP contribution in [-0.2, 0) is 0 Å². The van der Waals surface area contributed by atoms with E-state index in [9.17, 15) is 4.79 Å². The monoisotopic (exact) mass is 315 g/mol. The zero-order valence-corrected chi connectivity index (χ0v) is 13.4. The minimum absolute atomic E-state index is 0.102. The van der Waals surface area contributed by atoms with Gasteiger partial charge in [0.05, 0.1) is 6.20 Å². The highest BCUT2D eigenvalue weighted by Gasteiger charge is 2.26. The molecule has 122 valence electrons. The summed E-state index contributed by atoms with van der Waals surface area (Å²) in [5.41, 5.74) is 2.15. The standard InChI is InChI=1S/C17H21N3O3/c1-12-3-4-13(18-2)11-16(12)22-14-6-9-20(10-7-14)17(21)15-5-8-19-23-15/h3-5,8,11,14,18H,6-7,9-10H2,1-2H3. The number of ether oxygens (including phenoxy) is 1. The Kier molecular flexibility index (Phi) is 4.50. The first kappa shape index (κ1) is 15.4. The SMILES string of the molecule is CNc1ccc(C)c(OC2CCN(C(=O)c3ccno3)CC2)c1. The fraction of sp³-hybridized carbons (Fsp3) is 0.412. The van der Waals surface area contributed by atoms with Crippen LogP contribution in [0.1, 0.15) is 29.0 Å². The summed E-state index contributed by atoms with van der Waals surface area (Å²) in [5.74, 6) is 1.09. The molecule has 1 aromatic carbocycles. The number of piperidine rings is 1. The van der Waals surface area contributed by atoms with Crippen LogP contribution in [0.15, 0.2) is 35.0 Å². The Morgan fingerprint density at radius 1 is 1.35 bits per heavy atom. The van der Waals surface area contributed by atoms with Crippen LogP contribution >= 0.6 is 0 Å². The zero-order chi connectivity index (χ0) is 16.2. The molecule has 0 bridgehead atoms. The lowest BCUT2D eigenvalue weighted by atomic mass is 10.1. The minimum atomic E-state index is -0.102. The third kappa shape index (κ3) is 3.47. The van der Waals surface area contributed by atoms with Gasteiger partial charge in [0.15, 0.2) is 0 Å². The van der Waals surface area contributed by atoms with Gasteiger partial charge in [-0.2, -0.15) is 0 Å². The summed E-state index contributed by atoms with van der Waals surface area (Å²) in [6.45, 7) is 3.36. The molecule has 1 fully saturated rings. The quantitative estimate of drug-likeness (QED) is 0.939. The van der Waals surface area contributed by atoms with E-state index in [4.69, 9.17) is 9.26 Å². The molecule has 3 rings (SSSR count). The maximum atomic E-state index is 12.2. The number of amides is 1. The Morgan fingerprint density at radius 2 is 2.13 bits per heavy atom. The number of aromatic nitrogens is 1. The van der Waals surface area contributed by atoms with E-state index in [-0.39, 0.29) is 12.0 Å². The maximum absolute atomic E-state index is 12.2. The second-order valence-corrected chi connectivity index (χ2v) is 5.72. The first-order valence-corrected chi connectivity index (χ1v) is 7.82. The molecule has 1 N–H and O–H groups in total. The lowest BCUT2D eigenvalue weighted by Gasteiger charge is -2.32. The van der Waals surface area contributed by atoms with Gasteiger partial charge < -0.3 is 19.5 Å². The number of hydrogen-bond donors (Lipinski definition) is 1. The molecule has 6 heteroatoms. The van der Waals surface area contributed by atoms with E-state index in [0.717, 1.165) is 29.8 Å². The predicted molar refractivity (Wildman–Crippen MR) is 86.8 cm³/mol. The Hall–Kier alpha value is -2.50. The summed E-state index contributed by atoms with van der Waals surface area (Å²) in [7, 11) is 1.89. The minimum Gasteiger partial charge on any atom is -0.490 e. The molecular formula is C17H21N3O3. The number of likely N-dealkylation sites (tertiary alicyclic amines) is 1. The van der Waals surface area contributed by atoms with Crippen molar-refractivity contribution in [3.05, 3.63) is 41.8 Å². The van der Waals surface area contributed by atoms with Crippen molar-refractivity contribution < 1.29 is 14.1 Å². The number of rotatable bonds is 4.